The van der Waals surface area contributed by atoms with E-state index in [1.165, 1.54) is 12.5 Å². The summed E-state index contributed by atoms with van der Waals surface area (Å²) in [6.07, 6.45) is 4.62. The molecule has 4 amide bonds. The maximum absolute atomic E-state index is 13.2. The van der Waals surface area contributed by atoms with Crippen molar-refractivity contribution in [1.82, 2.24) is 25.9 Å². The van der Waals surface area contributed by atoms with Gasteiger partial charge in [-0.15, -0.1) is 0 Å². The number of nitrogens with two attached hydrogens (primary N) is 3. The van der Waals surface area contributed by atoms with E-state index in [0.29, 0.717) is 37.9 Å². The average Bonchev–Trinajstić information content (AvgIpc) is 3.36. The van der Waals surface area contributed by atoms with Gasteiger partial charge in [-0.25, -0.2) is 9.78 Å². The van der Waals surface area contributed by atoms with E-state index in [1.54, 1.807) is 6.92 Å². The summed E-state index contributed by atoms with van der Waals surface area (Å²) in [4.78, 5) is 68.5. The number of aromatic amines is 1. The van der Waals surface area contributed by atoms with Crippen LogP contribution in [0.3, 0.4) is 0 Å². The number of amides is 4. The molecular formula is C23H40N8O6. The van der Waals surface area contributed by atoms with Crippen LogP contribution in [-0.2, 0) is 30.4 Å². The largest absolute Gasteiger partial charge is 0.480 e. The van der Waals surface area contributed by atoms with E-state index in [4.69, 9.17) is 17.2 Å². The van der Waals surface area contributed by atoms with Crippen LogP contribution in [0.2, 0.25) is 0 Å². The molecule has 0 fully saturated rings. The summed E-state index contributed by atoms with van der Waals surface area (Å²) in [5.74, 6) is -4.30. The van der Waals surface area contributed by atoms with Crippen LogP contribution in [0.4, 0.5) is 0 Å². The highest BCUT2D eigenvalue weighted by molar-refractivity contribution is 5.94. The fourth-order valence-electron chi connectivity index (χ4n) is 3.51. The second-order valence-corrected chi connectivity index (χ2v) is 9.01. The van der Waals surface area contributed by atoms with Crippen LogP contribution in [-0.4, -0.2) is 75.4 Å². The van der Waals surface area contributed by atoms with E-state index in [0.717, 1.165) is 0 Å². The van der Waals surface area contributed by atoms with Crippen LogP contribution in [0.1, 0.15) is 58.1 Å². The van der Waals surface area contributed by atoms with E-state index in [9.17, 15) is 29.1 Å². The molecule has 208 valence electrons. The van der Waals surface area contributed by atoms with Crippen molar-refractivity contribution in [3.8, 4) is 0 Å². The molecule has 5 unspecified atom stereocenters. The Morgan fingerprint density at radius 1 is 1.03 bits per heavy atom. The Kier molecular flexibility index (Phi) is 13.9. The molecule has 1 aromatic rings. The summed E-state index contributed by atoms with van der Waals surface area (Å²) in [6, 6.07) is -4.44. The number of hydrogen-bond donors (Lipinski definition) is 8. The van der Waals surface area contributed by atoms with Crippen LogP contribution >= 0.6 is 0 Å². The fourth-order valence-corrected chi connectivity index (χ4v) is 3.51. The van der Waals surface area contributed by atoms with Crippen molar-refractivity contribution in [2.45, 2.75) is 83.0 Å². The molecule has 0 saturated carbocycles. The Labute approximate surface area is 215 Å². The van der Waals surface area contributed by atoms with Gasteiger partial charge in [-0.3, -0.25) is 19.2 Å². The first kappa shape index (κ1) is 31.5. The average molecular weight is 525 g/mol. The van der Waals surface area contributed by atoms with E-state index in [2.05, 4.69) is 25.9 Å². The number of carbonyl (C=O) groups excluding carboxylic acids is 4. The highest BCUT2D eigenvalue weighted by Gasteiger charge is 2.32. The van der Waals surface area contributed by atoms with Gasteiger partial charge in [-0.2, -0.15) is 0 Å². The van der Waals surface area contributed by atoms with Crippen LogP contribution in [0.5, 0.6) is 0 Å². The van der Waals surface area contributed by atoms with E-state index < -0.39 is 53.8 Å². The summed E-state index contributed by atoms with van der Waals surface area (Å²) in [5.41, 5.74) is 17.1. The van der Waals surface area contributed by atoms with Crippen molar-refractivity contribution >= 4 is 29.6 Å². The zero-order valence-corrected chi connectivity index (χ0v) is 21.4. The third-order valence-electron chi connectivity index (χ3n) is 6.01. The number of hydrogen-bond acceptors (Lipinski definition) is 8. The molecule has 0 spiro atoms. The van der Waals surface area contributed by atoms with Crippen LogP contribution in [0.25, 0.3) is 0 Å². The van der Waals surface area contributed by atoms with Crippen molar-refractivity contribution < 1.29 is 29.1 Å². The highest BCUT2D eigenvalue weighted by atomic mass is 16.4. The lowest BCUT2D eigenvalue weighted by atomic mass is 9.96. The van der Waals surface area contributed by atoms with Gasteiger partial charge in [-0.1, -0.05) is 26.7 Å². The van der Waals surface area contributed by atoms with Crippen LogP contribution in [0, 0.1) is 5.92 Å². The van der Waals surface area contributed by atoms with Gasteiger partial charge >= 0.3 is 5.97 Å². The van der Waals surface area contributed by atoms with Crippen molar-refractivity contribution in [2.24, 2.45) is 23.1 Å². The first-order valence-electron chi connectivity index (χ1n) is 12.3. The number of carboxylic acids is 1. The zero-order chi connectivity index (χ0) is 28.0. The molecule has 11 N–H and O–H groups in total. The fraction of sp³-hybridized carbons (Fsp3) is 0.652. The van der Waals surface area contributed by atoms with Crippen molar-refractivity contribution in [1.29, 1.82) is 0 Å². The molecule has 37 heavy (non-hydrogen) atoms. The normalized spacial score (nSPS) is 15.0. The third kappa shape index (κ3) is 11.4. The molecule has 1 aromatic heterocycles. The van der Waals surface area contributed by atoms with Crippen molar-refractivity contribution in [3.05, 3.63) is 18.2 Å². The molecule has 1 rings (SSSR count). The van der Waals surface area contributed by atoms with E-state index >= 15 is 0 Å². The summed E-state index contributed by atoms with van der Waals surface area (Å²) >= 11 is 0. The molecule has 0 aliphatic carbocycles. The number of aromatic nitrogens is 2. The second kappa shape index (κ2) is 16.3. The summed E-state index contributed by atoms with van der Waals surface area (Å²) < 4.78 is 0. The number of nitrogens with zero attached hydrogens (tertiary/aromatic N) is 1. The van der Waals surface area contributed by atoms with Gasteiger partial charge < -0.3 is 43.2 Å². The van der Waals surface area contributed by atoms with Crippen molar-refractivity contribution in [3.63, 3.8) is 0 Å². The predicted octanol–water partition coefficient (Wildman–Crippen LogP) is -1.74. The van der Waals surface area contributed by atoms with Gasteiger partial charge in [0.05, 0.1) is 12.4 Å². The summed E-state index contributed by atoms with van der Waals surface area (Å²) in [7, 11) is 0. The van der Waals surface area contributed by atoms with Gasteiger partial charge in [0.1, 0.15) is 18.1 Å². The first-order chi connectivity index (χ1) is 17.5. The number of nitrogens with one attached hydrogen (secondary N) is 4. The van der Waals surface area contributed by atoms with E-state index in [-0.39, 0.29) is 25.2 Å². The quantitative estimate of drug-likeness (QED) is 0.101. The minimum Gasteiger partial charge on any atom is -0.480 e. The van der Waals surface area contributed by atoms with Gasteiger partial charge in [0.25, 0.3) is 0 Å². The topological polar surface area (TPSA) is 248 Å². The summed E-state index contributed by atoms with van der Waals surface area (Å²) in [6.45, 7) is 4.07. The number of aliphatic carboxylic acids is 1. The number of rotatable bonds is 18. The maximum atomic E-state index is 13.2. The van der Waals surface area contributed by atoms with Gasteiger partial charge in [-0.05, 0) is 31.7 Å². The Bertz CT molecular complexity index is 894. The molecule has 0 aromatic carbocycles. The Morgan fingerprint density at radius 2 is 1.70 bits per heavy atom. The highest BCUT2D eigenvalue weighted by Crippen LogP contribution is 2.11. The molecule has 0 aliphatic heterocycles. The number of imidazole rings is 1. The SMILES string of the molecule is CCC(C)C(NC(=O)C(N)CCCCN)C(=O)NC(CCC(N)=O)C(=O)NC(Cc1cnc[nH]1)C(=O)O. The monoisotopic (exact) mass is 524 g/mol. The van der Waals surface area contributed by atoms with Crippen LogP contribution in [0.15, 0.2) is 12.5 Å². The predicted molar refractivity (Wildman–Crippen MR) is 134 cm³/mol. The minimum absolute atomic E-state index is 0.0782. The molecule has 0 radical (unpaired) electrons. The molecular weight excluding hydrogens is 484 g/mol. The molecule has 14 nitrogen and oxygen atoms in total. The van der Waals surface area contributed by atoms with Gasteiger partial charge in [0.2, 0.25) is 23.6 Å². The molecule has 0 bridgehead atoms. The Morgan fingerprint density at radius 3 is 2.24 bits per heavy atom. The van der Waals surface area contributed by atoms with Crippen molar-refractivity contribution in [2.75, 3.05) is 6.54 Å². The Hall–Kier alpha value is -3.52. The first-order valence-corrected chi connectivity index (χ1v) is 12.3. The van der Waals surface area contributed by atoms with Crippen LogP contribution < -0.4 is 33.2 Å². The number of carboxylic acid groups (broad SMARTS) is 1. The standard InChI is InChI=1S/C23H40N8O6/c1-3-13(2)19(31-20(33)15(25)6-4-5-9-24)22(35)29-16(7-8-18(26)32)21(34)30-17(23(36)37)10-14-11-27-12-28-14/h11-13,15-17,19H,3-10,24-25H2,1-2H3,(H2,26,32)(H,27,28)(H,29,35)(H,30,34)(H,31,33)(H,36,37). The summed E-state index contributed by atoms with van der Waals surface area (Å²) in [5, 5.41) is 17.1. The number of unbranched alkanes of at least 4 members (excludes halogenated alkanes) is 1. The Balaban J connectivity index is 2.99. The minimum atomic E-state index is -1.32. The number of primary amides is 1. The molecule has 0 saturated heterocycles. The molecule has 0 aliphatic rings. The lowest BCUT2D eigenvalue weighted by Gasteiger charge is -2.28. The number of carbonyl (C=O) groups is 5. The molecule has 5 atom stereocenters. The molecule has 14 heteroatoms. The lowest BCUT2D eigenvalue weighted by molar-refractivity contribution is -0.142. The lowest BCUT2D eigenvalue weighted by Crippen LogP contribution is -2.58. The van der Waals surface area contributed by atoms with Gasteiger partial charge in [0.15, 0.2) is 0 Å². The maximum Gasteiger partial charge on any atom is 0.326 e. The van der Waals surface area contributed by atoms with E-state index in [1.807, 2.05) is 6.92 Å². The van der Waals surface area contributed by atoms with Gasteiger partial charge in [0, 0.05) is 24.7 Å². The number of H-pyrrole nitrogens is 1. The smallest absolute Gasteiger partial charge is 0.326 e. The second-order valence-electron chi connectivity index (χ2n) is 9.01. The molecule has 1 heterocycles. The third-order valence-corrected chi connectivity index (χ3v) is 6.01. The zero-order valence-electron chi connectivity index (χ0n) is 21.4.